The van der Waals surface area contributed by atoms with Crippen LogP contribution >= 0.6 is 0 Å². The maximum Gasteiger partial charge on any atom is 0.328 e. The first-order chi connectivity index (χ1) is 6.33. The highest BCUT2D eigenvalue weighted by Crippen LogP contribution is 2.23. The van der Waals surface area contributed by atoms with Crippen LogP contribution in [0.5, 0.6) is 0 Å². The fraction of sp³-hybridized carbons (Fsp3) is 0.800. The maximum atomic E-state index is 6.00. The topological polar surface area (TPSA) is 44.5 Å². The summed E-state index contributed by atoms with van der Waals surface area (Å²) in [5, 5.41) is 0. The number of ether oxygens (including phenoxy) is 1. The molecule has 4 heteroatoms. The normalized spacial score (nSPS) is 18.2. The van der Waals surface area contributed by atoms with Crippen molar-refractivity contribution in [1.82, 2.24) is 0 Å². The molecule has 0 saturated carbocycles. The van der Waals surface area contributed by atoms with Gasteiger partial charge in [-0.25, -0.2) is 0 Å². The van der Waals surface area contributed by atoms with E-state index < -0.39 is 0 Å². The van der Waals surface area contributed by atoms with E-state index in [0.29, 0.717) is 13.2 Å². The van der Waals surface area contributed by atoms with Gasteiger partial charge in [0.25, 0.3) is 0 Å². The molecule has 0 saturated heterocycles. The molecule has 0 fully saturated rings. The Kier molecular flexibility index (Phi) is 3.40. The number of nitrogens with two attached hydrogens (primary N) is 1. The predicted octanol–water partition coefficient (Wildman–Crippen LogP) is 1.05. The molecule has 0 aromatic heterocycles. The van der Waals surface area contributed by atoms with Gasteiger partial charge in [0.05, 0.1) is 18.8 Å². The van der Waals surface area contributed by atoms with Gasteiger partial charge in [-0.05, 0) is 27.7 Å². The van der Waals surface area contributed by atoms with Gasteiger partial charge in [0.15, 0.2) is 0 Å². The summed E-state index contributed by atoms with van der Waals surface area (Å²) in [4.78, 5) is 0. The van der Waals surface area contributed by atoms with Gasteiger partial charge in [-0.3, -0.25) is 0 Å². The van der Waals surface area contributed by atoms with Crippen LogP contribution in [0.1, 0.15) is 27.7 Å². The molecule has 0 aromatic carbocycles. The minimum atomic E-state index is -0.379. The van der Waals surface area contributed by atoms with E-state index in [2.05, 4.69) is 0 Å². The van der Waals surface area contributed by atoms with Crippen LogP contribution < -0.4 is 5.73 Å². The Labute approximate surface area is 86.9 Å². The van der Waals surface area contributed by atoms with Crippen molar-refractivity contribution in [3.8, 4) is 0 Å². The first-order valence-corrected chi connectivity index (χ1v) is 4.90. The molecule has 0 unspecified atom stereocenters. The Morgan fingerprint density at radius 1 is 1.43 bits per heavy atom. The molecule has 1 aliphatic rings. The van der Waals surface area contributed by atoms with Crippen molar-refractivity contribution in [2.75, 3.05) is 13.2 Å². The zero-order valence-electron chi connectivity index (χ0n) is 9.46. The van der Waals surface area contributed by atoms with Gasteiger partial charge >= 0.3 is 7.48 Å². The van der Waals surface area contributed by atoms with Gasteiger partial charge in [0.2, 0.25) is 0 Å². The summed E-state index contributed by atoms with van der Waals surface area (Å²) in [5.74, 6) is 0. The van der Waals surface area contributed by atoms with Gasteiger partial charge in [0.1, 0.15) is 0 Å². The van der Waals surface area contributed by atoms with Gasteiger partial charge in [-0.2, -0.15) is 0 Å². The van der Waals surface area contributed by atoms with Crippen LogP contribution in [0.2, 0.25) is 0 Å². The Morgan fingerprint density at radius 3 is 2.50 bits per heavy atom. The first-order valence-electron chi connectivity index (χ1n) is 4.90. The summed E-state index contributed by atoms with van der Waals surface area (Å²) in [7, 11) is 1.75. The fourth-order valence-electron chi connectivity index (χ4n) is 0.859. The second kappa shape index (κ2) is 4.05. The van der Waals surface area contributed by atoms with Crippen molar-refractivity contribution < 1.29 is 9.39 Å². The molecule has 0 spiro atoms. The molecular formula is C10H19BNO2. The number of hydrogen-bond donors (Lipinski definition) is 1. The molecule has 2 N–H and O–H groups in total. The van der Waals surface area contributed by atoms with E-state index in [4.69, 9.17) is 15.1 Å². The Hall–Kier alpha value is -0.315. The van der Waals surface area contributed by atoms with Crippen molar-refractivity contribution in [3.63, 3.8) is 0 Å². The van der Waals surface area contributed by atoms with E-state index in [1.165, 1.54) is 0 Å². The molecule has 0 atom stereocenters. The van der Waals surface area contributed by atoms with Crippen LogP contribution in [0.4, 0.5) is 0 Å². The molecule has 79 valence electrons. The van der Waals surface area contributed by atoms with Gasteiger partial charge < -0.3 is 15.1 Å². The number of rotatable bonds is 4. The van der Waals surface area contributed by atoms with Crippen LogP contribution in [0.3, 0.4) is 0 Å². The third kappa shape index (κ3) is 2.84. The lowest BCUT2D eigenvalue weighted by molar-refractivity contribution is 0.0449. The lowest BCUT2D eigenvalue weighted by Crippen LogP contribution is -2.54. The van der Waals surface area contributed by atoms with E-state index in [1.54, 1.807) is 7.48 Å². The summed E-state index contributed by atoms with van der Waals surface area (Å²) < 4.78 is 10.9. The van der Waals surface area contributed by atoms with E-state index in [9.17, 15) is 0 Å². The number of hydrogen-bond acceptors (Lipinski definition) is 3. The summed E-state index contributed by atoms with van der Waals surface area (Å²) >= 11 is 0. The zero-order valence-corrected chi connectivity index (χ0v) is 9.46. The van der Waals surface area contributed by atoms with Crippen LogP contribution in [0.25, 0.3) is 0 Å². The van der Waals surface area contributed by atoms with Crippen LogP contribution in [0.15, 0.2) is 11.5 Å². The highest BCUT2D eigenvalue weighted by atomic mass is 16.5. The molecule has 1 heterocycles. The molecule has 0 aromatic rings. The molecule has 3 nitrogen and oxygen atoms in total. The smallest absolute Gasteiger partial charge is 0.328 e. The largest absolute Gasteiger partial charge is 0.428 e. The summed E-state index contributed by atoms with van der Waals surface area (Å²) in [6.07, 6.45) is 2.01. The second-order valence-electron chi connectivity index (χ2n) is 4.76. The van der Waals surface area contributed by atoms with E-state index in [0.717, 1.165) is 5.47 Å². The highest BCUT2D eigenvalue weighted by molar-refractivity contribution is 6.38. The van der Waals surface area contributed by atoms with Crippen LogP contribution in [0, 0.1) is 0 Å². The molecule has 0 amide bonds. The SMILES string of the molecule is CC(C)(N)C(C)(C)O[B]C1=CCOC1. The van der Waals surface area contributed by atoms with E-state index >= 15 is 0 Å². The molecule has 14 heavy (non-hydrogen) atoms. The van der Waals surface area contributed by atoms with Crippen molar-refractivity contribution in [1.29, 1.82) is 0 Å². The monoisotopic (exact) mass is 196 g/mol. The second-order valence-corrected chi connectivity index (χ2v) is 4.76. The molecule has 1 radical (unpaired) electrons. The predicted molar refractivity (Wildman–Crippen MR) is 58.1 cm³/mol. The lowest BCUT2D eigenvalue weighted by atomic mass is 9.81. The van der Waals surface area contributed by atoms with E-state index in [-0.39, 0.29) is 11.1 Å². The Bertz CT molecular complexity index is 231. The molecule has 0 bridgehead atoms. The van der Waals surface area contributed by atoms with Crippen molar-refractivity contribution >= 4 is 7.48 Å². The zero-order chi connectivity index (χ0) is 10.8. The van der Waals surface area contributed by atoms with Crippen molar-refractivity contribution in [3.05, 3.63) is 11.5 Å². The third-order valence-corrected chi connectivity index (χ3v) is 2.79. The molecule has 1 rings (SSSR count). The van der Waals surface area contributed by atoms with Gasteiger partial charge in [-0.15, -0.1) is 0 Å². The molecule has 1 aliphatic heterocycles. The summed E-state index contributed by atoms with van der Waals surface area (Å²) in [5.41, 5.74) is 6.34. The van der Waals surface area contributed by atoms with Gasteiger partial charge in [-0.1, -0.05) is 11.5 Å². The lowest BCUT2D eigenvalue weighted by Gasteiger charge is -2.38. The minimum absolute atomic E-state index is 0.372. The molecule has 0 aliphatic carbocycles. The standard InChI is InChI=1S/C10H19BNO2/c1-9(2,12)10(3,4)14-11-8-5-6-13-7-8/h5H,6-7,12H2,1-4H3. The van der Waals surface area contributed by atoms with Crippen LogP contribution in [-0.4, -0.2) is 31.8 Å². The summed E-state index contributed by atoms with van der Waals surface area (Å²) in [6, 6.07) is 0. The van der Waals surface area contributed by atoms with Crippen molar-refractivity contribution in [2.45, 2.75) is 38.8 Å². The van der Waals surface area contributed by atoms with Crippen LogP contribution in [-0.2, 0) is 9.39 Å². The average Bonchev–Trinajstić information content (AvgIpc) is 2.50. The summed E-state index contributed by atoms with van der Waals surface area (Å²) in [6.45, 7) is 9.21. The third-order valence-electron chi connectivity index (χ3n) is 2.79. The Morgan fingerprint density at radius 2 is 2.07 bits per heavy atom. The first kappa shape index (κ1) is 11.8. The Balaban J connectivity index is 2.43. The molecular weight excluding hydrogens is 177 g/mol. The maximum absolute atomic E-state index is 6.00. The van der Waals surface area contributed by atoms with Gasteiger partial charge in [0, 0.05) is 5.54 Å². The quantitative estimate of drug-likeness (QED) is 0.683. The highest BCUT2D eigenvalue weighted by Gasteiger charge is 2.34. The van der Waals surface area contributed by atoms with E-state index in [1.807, 2.05) is 33.8 Å². The van der Waals surface area contributed by atoms with Crippen molar-refractivity contribution in [2.24, 2.45) is 5.73 Å². The fourth-order valence-corrected chi connectivity index (χ4v) is 0.859. The minimum Gasteiger partial charge on any atom is -0.428 e. The average molecular weight is 196 g/mol.